The van der Waals surface area contributed by atoms with Gasteiger partial charge in [0, 0.05) is 17.4 Å². The van der Waals surface area contributed by atoms with Crippen molar-refractivity contribution < 1.29 is 9.53 Å². The number of nitrogens with zero attached hydrogens (tertiary/aromatic N) is 1. The lowest BCUT2D eigenvalue weighted by molar-refractivity contribution is -0.118. The molecule has 3 aromatic rings. The van der Waals surface area contributed by atoms with Gasteiger partial charge in [0.2, 0.25) is 0 Å². The van der Waals surface area contributed by atoms with Gasteiger partial charge in [0.15, 0.2) is 6.61 Å². The van der Waals surface area contributed by atoms with Gasteiger partial charge in [0.25, 0.3) is 5.91 Å². The fourth-order valence-corrected chi connectivity index (χ4v) is 2.34. The Balaban J connectivity index is 1.61. The third-order valence-electron chi connectivity index (χ3n) is 3.34. The number of benzene rings is 2. The summed E-state index contributed by atoms with van der Waals surface area (Å²) in [7, 11) is 0. The van der Waals surface area contributed by atoms with Gasteiger partial charge in [0.1, 0.15) is 11.4 Å². The van der Waals surface area contributed by atoms with Crippen LogP contribution in [-0.2, 0) is 4.79 Å². The van der Waals surface area contributed by atoms with Crippen LogP contribution >= 0.6 is 11.6 Å². The highest BCUT2D eigenvalue weighted by Gasteiger charge is 2.06. The summed E-state index contributed by atoms with van der Waals surface area (Å²) in [5.41, 5.74) is 2.11. The molecule has 0 bridgehead atoms. The van der Waals surface area contributed by atoms with Crippen molar-refractivity contribution in [1.29, 1.82) is 0 Å². The first-order valence-corrected chi connectivity index (χ1v) is 8.29. The first-order chi connectivity index (χ1) is 12.7. The topological polar surface area (TPSA) is 51.2 Å². The first kappa shape index (κ1) is 17.5. The average molecular weight is 363 g/mol. The first-order valence-electron chi connectivity index (χ1n) is 7.91. The number of amides is 1. The van der Waals surface area contributed by atoms with Crippen molar-refractivity contribution in [3.8, 4) is 17.6 Å². The number of ether oxygens (including phenoxy) is 1. The summed E-state index contributed by atoms with van der Waals surface area (Å²) < 4.78 is 5.43. The lowest BCUT2D eigenvalue weighted by atomic mass is 10.2. The molecule has 1 aromatic heterocycles. The number of aromatic nitrogens is 1. The number of carbonyl (C=O) groups excluding carboxylic acids is 1. The minimum absolute atomic E-state index is 0.131. The second-order valence-corrected chi connectivity index (χ2v) is 5.72. The van der Waals surface area contributed by atoms with Crippen LogP contribution in [0.15, 0.2) is 72.9 Å². The standard InChI is InChI=1S/C21H15ClN2O2/c22-19-9-1-2-10-20(19)26-15-21(25)24-18-8-5-6-16(14-18)11-12-17-7-3-4-13-23-17/h1-10,13-14H,15H2,(H,24,25). The molecular weight excluding hydrogens is 348 g/mol. The summed E-state index contributed by atoms with van der Waals surface area (Å²) in [5, 5.41) is 3.24. The SMILES string of the molecule is O=C(COc1ccccc1Cl)Nc1cccc(C#Cc2ccccn2)c1. The van der Waals surface area contributed by atoms with Gasteiger partial charge in [-0.15, -0.1) is 0 Å². The molecular formula is C21H15ClN2O2. The molecule has 0 aliphatic heterocycles. The van der Waals surface area contributed by atoms with Crippen molar-refractivity contribution in [2.75, 3.05) is 11.9 Å². The molecule has 0 saturated heterocycles. The van der Waals surface area contributed by atoms with Crippen LogP contribution in [0.2, 0.25) is 5.02 Å². The Labute approximate surface area is 156 Å². The quantitative estimate of drug-likeness (QED) is 0.709. The molecule has 1 N–H and O–H groups in total. The van der Waals surface area contributed by atoms with E-state index in [-0.39, 0.29) is 12.5 Å². The molecule has 0 atom stereocenters. The normalized spacial score (nSPS) is 9.73. The number of anilines is 1. The van der Waals surface area contributed by atoms with E-state index in [0.717, 1.165) is 5.56 Å². The van der Waals surface area contributed by atoms with Crippen LogP contribution in [0, 0.1) is 11.8 Å². The van der Waals surface area contributed by atoms with Crippen molar-refractivity contribution in [2.24, 2.45) is 0 Å². The van der Waals surface area contributed by atoms with Crippen molar-refractivity contribution in [3.63, 3.8) is 0 Å². The van der Waals surface area contributed by atoms with E-state index >= 15 is 0 Å². The molecule has 5 heteroatoms. The zero-order valence-corrected chi connectivity index (χ0v) is 14.5. The molecule has 128 valence electrons. The fourth-order valence-electron chi connectivity index (χ4n) is 2.15. The van der Waals surface area contributed by atoms with Crippen molar-refractivity contribution in [2.45, 2.75) is 0 Å². The Hall–Kier alpha value is -3.29. The molecule has 0 fully saturated rings. The van der Waals surface area contributed by atoms with Crippen molar-refractivity contribution in [3.05, 3.63) is 89.2 Å². The molecule has 0 aliphatic carbocycles. The van der Waals surface area contributed by atoms with E-state index in [0.29, 0.717) is 22.2 Å². The summed E-state index contributed by atoms with van der Waals surface area (Å²) >= 11 is 6.00. The molecule has 0 saturated carbocycles. The molecule has 26 heavy (non-hydrogen) atoms. The summed E-state index contributed by atoms with van der Waals surface area (Å²) in [6, 6.07) is 19.8. The van der Waals surface area contributed by atoms with E-state index in [1.54, 1.807) is 42.6 Å². The molecule has 1 amide bonds. The molecule has 1 heterocycles. The van der Waals surface area contributed by atoms with Gasteiger partial charge in [-0.25, -0.2) is 4.98 Å². The number of nitrogens with one attached hydrogen (secondary N) is 1. The third-order valence-corrected chi connectivity index (χ3v) is 3.65. The van der Waals surface area contributed by atoms with Crippen LogP contribution in [0.3, 0.4) is 0 Å². The predicted molar refractivity (Wildman–Crippen MR) is 102 cm³/mol. The predicted octanol–water partition coefficient (Wildman–Crippen LogP) is 4.15. The lowest BCUT2D eigenvalue weighted by Gasteiger charge is -2.08. The van der Waals surface area contributed by atoms with E-state index < -0.39 is 0 Å². The van der Waals surface area contributed by atoms with E-state index in [9.17, 15) is 4.79 Å². The van der Waals surface area contributed by atoms with E-state index in [1.165, 1.54) is 0 Å². The number of para-hydroxylation sites is 1. The number of hydrogen-bond donors (Lipinski definition) is 1. The largest absolute Gasteiger partial charge is 0.482 e. The highest BCUT2D eigenvalue weighted by Crippen LogP contribution is 2.23. The Kier molecular flexibility index (Phi) is 5.87. The van der Waals surface area contributed by atoms with Gasteiger partial charge in [-0.2, -0.15) is 0 Å². The van der Waals surface area contributed by atoms with Gasteiger partial charge >= 0.3 is 0 Å². The Bertz CT molecular complexity index is 962. The molecule has 2 aromatic carbocycles. The van der Waals surface area contributed by atoms with Gasteiger partial charge in [-0.05, 0) is 48.4 Å². The lowest BCUT2D eigenvalue weighted by Crippen LogP contribution is -2.20. The number of carbonyl (C=O) groups is 1. The number of halogens is 1. The minimum atomic E-state index is -0.278. The van der Waals surface area contributed by atoms with Crippen LogP contribution in [0.1, 0.15) is 11.3 Å². The zero-order chi connectivity index (χ0) is 18.2. The fraction of sp³-hybridized carbons (Fsp3) is 0.0476. The number of hydrogen-bond acceptors (Lipinski definition) is 3. The summed E-state index contributed by atoms with van der Waals surface area (Å²) in [5.74, 6) is 6.20. The maximum absolute atomic E-state index is 12.1. The summed E-state index contributed by atoms with van der Waals surface area (Å²) in [6.07, 6.45) is 1.69. The van der Waals surface area contributed by atoms with Gasteiger partial charge in [-0.1, -0.05) is 41.8 Å². The molecule has 4 nitrogen and oxygen atoms in total. The number of rotatable bonds is 4. The maximum Gasteiger partial charge on any atom is 0.262 e. The number of pyridine rings is 1. The Morgan fingerprint density at radius 2 is 1.88 bits per heavy atom. The van der Waals surface area contributed by atoms with Crippen LogP contribution in [-0.4, -0.2) is 17.5 Å². The second kappa shape index (κ2) is 8.70. The molecule has 3 rings (SSSR count). The van der Waals surface area contributed by atoms with Crippen LogP contribution < -0.4 is 10.1 Å². The van der Waals surface area contributed by atoms with Gasteiger partial charge < -0.3 is 10.1 Å². The smallest absolute Gasteiger partial charge is 0.262 e. The molecule has 0 unspecified atom stereocenters. The molecule has 0 aliphatic rings. The van der Waals surface area contributed by atoms with Crippen LogP contribution in [0.4, 0.5) is 5.69 Å². The third kappa shape index (κ3) is 5.10. The van der Waals surface area contributed by atoms with Gasteiger partial charge in [0.05, 0.1) is 5.02 Å². The van der Waals surface area contributed by atoms with E-state index in [2.05, 4.69) is 22.1 Å². The average Bonchev–Trinajstić information content (AvgIpc) is 2.67. The molecule has 0 radical (unpaired) electrons. The Morgan fingerprint density at radius 1 is 1.04 bits per heavy atom. The van der Waals surface area contributed by atoms with Crippen molar-refractivity contribution in [1.82, 2.24) is 4.98 Å². The van der Waals surface area contributed by atoms with Gasteiger partial charge in [-0.3, -0.25) is 4.79 Å². The molecule has 0 spiro atoms. The Morgan fingerprint density at radius 3 is 2.69 bits per heavy atom. The van der Waals surface area contributed by atoms with E-state index in [1.807, 2.05) is 30.3 Å². The highest BCUT2D eigenvalue weighted by molar-refractivity contribution is 6.32. The zero-order valence-electron chi connectivity index (χ0n) is 13.8. The summed E-state index contributed by atoms with van der Waals surface area (Å²) in [6.45, 7) is -0.131. The minimum Gasteiger partial charge on any atom is -0.482 e. The van der Waals surface area contributed by atoms with Crippen molar-refractivity contribution >= 4 is 23.2 Å². The second-order valence-electron chi connectivity index (χ2n) is 5.31. The summed E-state index contributed by atoms with van der Waals surface area (Å²) in [4.78, 5) is 16.2. The van der Waals surface area contributed by atoms with E-state index in [4.69, 9.17) is 16.3 Å². The maximum atomic E-state index is 12.1. The van der Waals surface area contributed by atoms with Crippen LogP contribution in [0.5, 0.6) is 5.75 Å². The highest BCUT2D eigenvalue weighted by atomic mass is 35.5. The monoisotopic (exact) mass is 362 g/mol. The van der Waals surface area contributed by atoms with Crippen LogP contribution in [0.25, 0.3) is 0 Å².